The van der Waals surface area contributed by atoms with Crippen LogP contribution in [0.4, 0.5) is 5.69 Å². The Hall–Kier alpha value is -3.62. The lowest BCUT2D eigenvalue weighted by molar-refractivity contribution is -0.116. The Kier molecular flexibility index (Phi) is 5.20. The van der Waals surface area contributed by atoms with Crippen molar-refractivity contribution in [2.75, 3.05) is 19.5 Å². The molecule has 3 rings (SSSR count). The maximum atomic E-state index is 12.2. The van der Waals surface area contributed by atoms with E-state index < -0.39 is 11.4 Å². The fraction of sp³-hybridized carbons (Fsp3) is 0.222. The number of carbonyl (C=O) groups is 2. The van der Waals surface area contributed by atoms with Crippen LogP contribution in [-0.2, 0) is 16.0 Å². The SMILES string of the molecule is COC(=O)c1cc(=O)c2cc(NC(=O)CCc3cc(OC)no3)ccc2o1. The van der Waals surface area contributed by atoms with Crippen LogP contribution in [0.5, 0.6) is 5.88 Å². The van der Waals surface area contributed by atoms with Crippen molar-refractivity contribution in [1.29, 1.82) is 0 Å². The quantitative estimate of drug-likeness (QED) is 0.653. The molecule has 9 heteroatoms. The predicted octanol–water partition coefficient (Wildman–Crippen LogP) is 2.15. The van der Waals surface area contributed by atoms with Crippen LogP contribution in [0.2, 0.25) is 0 Å². The molecule has 0 atom stereocenters. The zero-order chi connectivity index (χ0) is 19.4. The number of ether oxygens (including phenoxy) is 2. The van der Waals surface area contributed by atoms with Crippen LogP contribution in [0.1, 0.15) is 22.7 Å². The van der Waals surface area contributed by atoms with Gasteiger partial charge in [0.25, 0.3) is 5.88 Å². The molecule has 0 aliphatic heterocycles. The lowest BCUT2D eigenvalue weighted by atomic mass is 10.2. The number of nitrogens with one attached hydrogen (secondary N) is 1. The van der Waals surface area contributed by atoms with Crippen molar-refractivity contribution >= 4 is 28.5 Å². The van der Waals surface area contributed by atoms with Gasteiger partial charge in [0, 0.05) is 30.7 Å². The molecule has 0 saturated heterocycles. The van der Waals surface area contributed by atoms with Gasteiger partial charge >= 0.3 is 5.97 Å². The number of esters is 1. The van der Waals surface area contributed by atoms with E-state index in [9.17, 15) is 14.4 Å². The summed E-state index contributed by atoms with van der Waals surface area (Å²) in [6.07, 6.45) is 0.507. The molecule has 0 spiro atoms. The number of aromatic nitrogens is 1. The van der Waals surface area contributed by atoms with Crippen LogP contribution in [0, 0.1) is 0 Å². The van der Waals surface area contributed by atoms with Crippen molar-refractivity contribution < 1.29 is 28.0 Å². The maximum Gasteiger partial charge on any atom is 0.374 e. The van der Waals surface area contributed by atoms with Crippen LogP contribution in [0.15, 0.2) is 44.1 Å². The van der Waals surface area contributed by atoms with E-state index in [0.29, 0.717) is 23.7 Å². The fourth-order valence-electron chi connectivity index (χ4n) is 2.40. The first-order valence-corrected chi connectivity index (χ1v) is 7.96. The van der Waals surface area contributed by atoms with E-state index >= 15 is 0 Å². The maximum absolute atomic E-state index is 12.2. The average molecular weight is 372 g/mol. The molecule has 2 heterocycles. The highest BCUT2D eigenvalue weighted by Gasteiger charge is 2.14. The third kappa shape index (κ3) is 4.14. The summed E-state index contributed by atoms with van der Waals surface area (Å²) >= 11 is 0. The molecular formula is C18H16N2O7. The first-order chi connectivity index (χ1) is 13.0. The highest BCUT2D eigenvalue weighted by Crippen LogP contribution is 2.19. The Bertz CT molecular complexity index is 1050. The molecule has 0 saturated carbocycles. The normalized spacial score (nSPS) is 10.6. The van der Waals surface area contributed by atoms with Crippen LogP contribution < -0.4 is 15.5 Å². The Morgan fingerprint density at radius 3 is 2.70 bits per heavy atom. The van der Waals surface area contributed by atoms with Gasteiger partial charge in [0.15, 0.2) is 5.43 Å². The zero-order valence-corrected chi connectivity index (χ0v) is 14.6. The lowest BCUT2D eigenvalue weighted by Gasteiger charge is -2.06. The van der Waals surface area contributed by atoms with Gasteiger partial charge in [-0.15, -0.1) is 0 Å². The van der Waals surface area contributed by atoms with Crippen LogP contribution >= 0.6 is 0 Å². The number of aryl methyl sites for hydroxylation is 1. The van der Waals surface area contributed by atoms with Gasteiger partial charge in [-0.25, -0.2) is 4.79 Å². The summed E-state index contributed by atoms with van der Waals surface area (Å²) in [6.45, 7) is 0. The number of fused-ring (bicyclic) bond motifs is 1. The van der Waals surface area contributed by atoms with Gasteiger partial charge < -0.3 is 23.7 Å². The number of anilines is 1. The highest BCUT2D eigenvalue weighted by atomic mass is 16.5. The standard InChI is InChI=1S/C18H16N2O7/c1-24-17-8-11(27-20-17)4-6-16(22)19-10-3-5-14-12(7-10)13(21)9-15(26-14)18(23)25-2/h3,5,7-9H,4,6H2,1-2H3,(H,19,22). The molecule has 1 N–H and O–H groups in total. The minimum Gasteiger partial charge on any atom is -0.479 e. The minimum atomic E-state index is -0.740. The minimum absolute atomic E-state index is 0.159. The molecule has 0 unspecified atom stereocenters. The number of nitrogens with zero attached hydrogens (tertiary/aromatic N) is 1. The van der Waals surface area contributed by atoms with Gasteiger partial charge in [0.2, 0.25) is 11.7 Å². The van der Waals surface area contributed by atoms with E-state index in [-0.39, 0.29) is 29.1 Å². The topological polar surface area (TPSA) is 121 Å². The summed E-state index contributed by atoms with van der Waals surface area (Å²) in [4.78, 5) is 35.8. The number of carbonyl (C=O) groups excluding carboxylic acids is 2. The highest BCUT2D eigenvalue weighted by molar-refractivity contribution is 5.94. The van der Waals surface area contributed by atoms with Crippen molar-refractivity contribution in [3.8, 4) is 5.88 Å². The molecule has 0 aliphatic rings. The number of hydrogen-bond acceptors (Lipinski definition) is 8. The molecule has 3 aromatic rings. The second-order valence-corrected chi connectivity index (χ2v) is 5.56. The summed E-state index contributed by atoms with van der Waals surface area (Å²) in [5, 5.41) is 6.59. The van der Waals surface area contributed by atoms with E-state index in [0.717, 1.165) is 6.07 Å². The molecule has 9 nitrogen and oxygen atoms in total. The Balaban J connectivity index is 1.71. The predicted molar refractivity (Wildman–Crippen MR) is 93.8 cm³/mol. The van der Waals surface area contributed by atoms with Crippen molar-refractivity contribution in [3.05, 3.63) is 52.1 Å². The third-order valence-corrected chi connectivity index (χ3v) is 3.74. The van der Waals surface area contributed by atoms with E-state index in [1.165, 1.54) is 26.4 Å². The molecule has 0 radical (unpaired) electrons. The molecule has 0 bridgehead atoms. The fourth-order valence-corrected chi connectivity index (χ4v) is 2.40. The average Bonchev–Trinajstić information content (AvgIpc) is 3.14. The van der Waals surface area contributed by atoms with E-state index in [1.807, 2.05) is 0 Å². The van der Waals surface area contributed by atoms with Crippen molar-refractivity contribution in [2.45, 2.75) is 12.8 Å². The summed E-state index contributed by atoms with van der Waals surface area (Å²) in [7, 11) is 2.67. The second-order valence-electron chi connectivity index (χ2n) is 5.56. The Labute approximate surface area is 152 Å². The summed E-state index contributed by atoms with van der Waals surface area (Å²) in [6, 6.07) is 7.21. The Morgan fingerprint density at radius 2 is 2.00 bits per heavy atom. The van der Waals surface area contributed by atoms with Crippen LogP contribution in [-0.4, -0.2) is 31.3 Å². The van der Waals surface area contributed by atoms with Gasteiger partial charge in [0.1, 0.15) is 11.3 Å². The van der Waals surface area contributed by atoms with Crippen LogP contribution in [0.3, 0.4) is 0 Å². The number of hydrogen-bond donors (Lipinski definition) is 1. The molecule has 140 valence electrons. The molecular weight excluding hydrogens is 356 g/mol. The summed E-state index contributed by atoms with van der Waals surface area (Å²) in [5.41, 5.74) is 0.233. The zero-order valence-electron chi connectivity index (χ0n) is 14.6. The molecule has 0 aliphatic carbocycles. The summed E-state index contributed by atoms with van der Waals surface area (Å²) < 4.78 is 19.8. The van der Waals surface area contributed by atoms with Gasteiger partial charge in [-0.3, -0.25) is 9.59 Å². The molecule has 2 aromatic heterocycles. The first-order valence-electron chi connectivity index (χ1n) is 7.96. The van der Waals surface area contributed by atoms with E-state index in [2.05, 4.69) is 15.2 Å². The number of benzene rings is 1. The monoisotopic (exact) mass is 372 g/mol. The lowest BCUT2D eigenvalue weighted by Crippen LogP contribution is -2.13. The van der Waals surface area contributed by atoms with Gasteiger partial charge in [-0.1, -0.05) is 0 Å². The van der Waals surface area contributed by atoms with Crippen molar-refractivity contribution in [1.82, 2.24) is 5.16 Å². The molecule has 1 aromatic carbocycles. The van der Waals surface area contributed by atoms with Gasteiger partial charge in [-0.2, -0.15) is 0 Å². The van der Waals surface area contributed by atoms with Gasteiger partial charge in [0.05, 0.1) is 19.6 Å². The van der Waals surface area contributed by atoms with Crippen molar-refractivity contribution in [2.24, 2.45) is 0 Å². The number of rotatable bonds is 6. The van der Waals surface area contributed by atoms with Gasteiger partial charge in [-0.05, 0) is 23.4 Å². The molecule has 1 amide bonds. The van der Waals surface area contributed by atoms with Crippen molar-refractivity contribution in [3.63, 3.8) is 0 Å². The number of amides is 1. The molecule has 0 fully saturated rings. The smallest absolute Gasteiger partial charge is 0.374 e. The summed E-state index contributed by atoms with van der Waals surface area (Å²) in [5.74, 6) is -0.320. The van der Waals surface area contributed by atoms with Crippen LogP contribution in [0.25, 0.3) is 11.0 Å². The largest absolute Gasteiger partial charge is 0.479 e. The first kappa shape index (κ1) is 18.2. The second kappa shape index (κ2) is 7.73. The van der Waals surface area contributed by atoms with E-state index in [1.54, 1.807) is 12.1 Å². The Morgan fingerprint density at radius 1 is 1.19 bits per heavy atom. The van der Waals surface area contributed by atoms with E-state index in [4.69, 9.17) is 13.7 Å². The molecule has 27 heavy (non-hydrogen) atoms. The third-order valence-electron chi connectivity index (χ3n) is 3.74. The number of methoxy groups -OCH3 is 2.